The standard InChI is InChI=1S/C29H27Cl2N5O4.C3H6O/c1-16-28-33-26-21(5-4-6-23(26)40-15-17-7-8-19(30)13-20(17)31)36(28)10-9-35(16)14-25-32-27-22(34(25)2)11-18(29(37)38)12-24(27)39-3;1-2-4-3-1/h4-8,11-13,16H,9-10,14-15H2,1-3H3,(H,37,38);1-3H2. The van der Waals surface area contributed by atoms with Gasteiger partial charge in [0.1, 0.15) is 40.8 Å². The van der Waals surface area contributed by atoms with Crippen molar-refractivity contribution in [1.29, 1.82) is 0 Å². The fraction of sp³-hybridized carbons (Fsp3) is 0.344. The van der Waals surface area contributed by atoms with E-state index in [9.17, 15) is 9.90 Å². The number of carboxylic acids is 1. The van der Waals surface area contributed by atoms with Crippen LogP contribution in [0.1, 0.15) is 47.0 Å². The number of nitrogens with zero attached hydrogens (tertiary/aromatic N) is 5. The number of benzene rings is 3. The van der Waals surface area contributed by atoms with E-state index in [2.05, 4.69) is 22.5 Å². The van der Waals surface area contributed by atoms with Crippen molar-refractivity contribution in [2.24, 2.45) is 7.05 Å². The van der Waals surface area contributed by atoms with E-state index >= 15 is 0 Å². The maximum absolute atomic E-state index is 11.6. The average molecular weight is 639 g/mol. The zero-order chi connectivity index (χ0) is 31.0. The Balaban J connectivity index is 0.000000794. The minimum atomic E-state index is -1.01. The lowest BCUT2D eigenvalue weighted by molar-refractivity contribution is 0.0367. The smallest absolute Gasteiger partial charge is 0.335 e. The van der Waals surface area contributed by atoms with Crippen molar-refractivity contribution in [3.63, 3.8) is 0 Å². The predicted molar refractivity (Wildman–Crippen MR) is 169 cm³/mol. The third-order valence-corrected chi connectivity index (χ3v) is 8.72. The summed E-state index contributed by atoms with van der Waals surface area (Å²) in [7, 11) is 3.42. The molecule has 1 atom stereocenters. The number of para-hydroxylation sites is 1. The van der Waals surface area contributed by atoms with Crippen LogP contribution in [0.15, 0.2) is 48.5 Å². The number of imidazole rings is 2. The van der Waals surface area contributed by atoms with Crippen LogP contribution in [0.3, 0.4) is 0 Å². The number of ether oxygens (including phenoxy) is 3. The van der Waals surface area contributed by atoms with Gasteiger partial charge in [-0.2, -0.15) is 0 Å². The molecule has 0 radical (unpaired) electrons. The Hall–Kier alpha value is -3.83. The first-order valence-electron chi connectivity index (χ1n) is 14.4. The fourth-order valence-corrected chi connectivity index (χ4v) is 5.92. The van der Waals surface area contributed by atoms with Gasteiger partial charge in [-0.15, -0.1) is 0 Å². The molecule has 2 aliphatic heterocycles. The number of carbonyl (C=O) groups is 1. The molecule has 1 unspecified atom stereocenters. The molecule has 230 valence electrons. The van der Waals surface area contributed by atoms with Crippen molar-refractivity contribution in [3.8, 4) is 11.5 Å². The topological polar surface area (TPSA) is 104 Å². The van der Waals surface area contributed by atoms with E-state index in [4.69, 9.17) is 47.4 Å². The lowest BCUT2D eigenvalue weighted by Gasteiger charge is -2.33. The van der Waals surface area contributed by atoms with E-state index in [0.717, 1.165) is 54.5 Å². The molecule has 0 bridgehead atoms. The van der Waals surface area contributed by atoms with Crippen molar-refractivity contribution in [2.75, 3.05) is 26.9 Å². The first-order chi connectivity index (χ1) is 21.2. The minimum absolute atomic E-state index is 0.0102. The summed E-state index contributed by atoms with van der Waals surface area (Å²) in [6.07, 6.45) is 1.28. The van der Waals surface area contributed by atoms with E-state index in [1.165, 1.54) is 19.6 Å². The van der Waals surface area contributed by atoms with E-state index in [0.29, 0.717) is 45.7 Å². The van der Waals surface area contributed by atoms with Crippen molar-refractivity contribution in [2.45, 2.75) is 39.1 Å². The largest absolute Gasteiger partial charge is 0.494 e. The van der Waals surface area contributed by atoms with Crippen LogP contribution >= 0.6 is 23.2 Å². The summed E-state index contributed by atoms with van der Waals surface area (Å²) in [5, 5.41) is 10.7. The number of aryl methyl sites for hydroxylation is 1. The highest BCUT2D eigenvalue weighted by Gasteiger charge is 2.29. The summed E-state index contributed by atoms with van der Waals surface area (Å²) in [5.74, 6) is 1.90. The molecule has 3 aromatic carbocycles. The Morgan fingerprint density at radius 3 is 2.48 bits per heavy atom. The molecule has 44 heavy (non-hydrogen) atoms. The van der Waals surface area contributed by atoms with Crippen LogP contribution in [-0.4, -0.2) is 61.9 Å². The molecular weight excluding hydrogens is 605 g/mol. The SMILES string of the molecule is C1COC1.COc1cc(C(=O)O)cc2c1nc(CN1CCn3c(nc4c(OCc5ccc(Cl)cc5Cl)cccc43)C1C)n2C. The first-order valence-corrected chi connectivity index (χ1v) is 15.1. The van der Waals surface area contributed by atoms with Crippen LogP contribution in [0.25, 0.3) is 22.1 Å². The summed E-state index contributed by atoms with van der Waals surface area (Å²) in [6.45, 7) is 6.57. The van der Waals surface area contributed by atoms with Crippen LogP contribution in [0, 0.1) is 0 Å². The minimum Gasteiger partial charge on any atom is -0.494 e. The van der Waals surface area contributed by atoms with Gasteiger partial charge in [-0.05, 0) is 49.7 Å². The van der Waals surface area contributed by atoms with Crippen molar-refractivity contribution in [1.82, 2.24) is 24.0 Å². The number of carboxylic acid groups (broad SMARTS) is 1. The van der Waals surface area contributed by atoms with E-state index in [1.807, 2.05) is 29.8 Å². The van der Waals surface area contributed by atoms with E-state index in [-0.39, 0.29) is 11.6 Å². The zero-order valence-corrected chi connectivity index (χ0v) is 26.2. The number of aromatic nitrogens is 4. The van der Waals surface area contributed by atoms with E-state index < -0.39 is 5.97 Å². The third-order valence-electron chi connectivity index (χ3n) is 8.13. The maximum atomic E-state index is 11.6. The molecule has 1 saturated heterocycles. The molecule has 4 heterocycles. The Labute approximate surface area is 264 Å². The number of halogens is 2. The van der Waals surface area contributed by atoms with Gasteiger partial charge in [0, 0.05) is 49.0 Å². The number of rotatable bonds is 7. The monoisotopic (exact) mass is 637 g/mol. The Morgan fingerprint density at radius 2 is 1.80 bits per heavy atom. The van der Waals surface area contributed by atoms with Crippen molar-refractivity contribution < 1.29 is 24.1 Å². The number of aromatic carboxylic acids is 1. The van der Waals surface area contributed by atoms with Crippen LogP contribution in [0.5, 0.6) is 11.5 Å². The van der Waals surface area contributed by atoms with Crippen LogP contribution in [0.2, 0.25) is 10.0 Å². The van der Waals surface area contributed by atoms with E-state index in [1.54, 1.807) is 18.2 Å². The van der Waals surface area contributed by atoms with Crippen LogP contribution < -0.4 is 9.47 Å². The highest BCUT2D eigenvalue weighted by Crippen LogP contribution is 2.35. The molecule has 5 aromatic rings. The van der Waals surface area contributed by atoms with Gasteiger partial charge in [0.2, 0.25) is 0 Å². The average Bonchev–Trinajstić information content (AvgIpc) is 3.51. The van der Waals surface area contributed by atoms with Crippen molar-refractivity contribution >= 4 is 51.2 Å². The maximum Gasteiger partial charge on any atom is 0.335 e. The summed E-state index contributed by atoms with van der Waals surface area (Å²) < 4.78 is 20.5. The molecule has 7 rings (SSSR count). The second-order valence-corrected chi connectivity index (χ2v) is 11.7. The van der Waals surface area contributed by atoms with Gasteiger partial charge in [-0.25, -0.2) is 14.8 Å². The Morgan fingerprint density at radius 1 is 1.05 bits per heavy atom. The molecule has 2 aromatic heterocycles. The first kappa shape index (κ1) is 30.2. The van der Waals surface area contributed by atoms with Gasteiger partial charge >= 0.3 is 5.97 Å². The molecule has 0 saturated carbocycles. The van der Waals surface area contributed by atoms with Crippen LogP contribution in [0.4, 0.5) is 0 Å². The van der Waals surface area contributed by atoms with Gasteiger partial charge in [0.25, 0.3) is 0 Å². The number of methoxy groups -OCH3 is 1. The molecule has 1 N–H and O–H groups in total. The fourth-order valence-electron chi connectivity index (χ4n) is 5.46. The van der Waals surface area contributed by atoms with Crippen molar-refractivity contribution in [3.05, 3.63) is 81.4 Å². The van der Waals surface area contributed by atoms with Gasteiger partial charge < -0.3 is 28.5 Å². The zero-order valence-electron chi connectivity index (χ0n) is 24.7. The quantitative estimate of drug-likeness (QED) is 0.216. The molecule has 0 aliphatic carbocycles. The summed E-state index contributed by atoms with van der Waals surface area (Å²) in [5.41, 5.74) is 4.20. The third kappa shape index (κ3) is 5.82. The molecular formula is C32H33Cl2N5O5. The molecule has 10 nitrogen and oxygen atoms in total. The molecule has 0 amide bonds. The van der Waals surface area contributed by atoms with Gasteiger partial charge in [-0.1, -0.05) is 35.3 Å². The van der Waals surface area contributed by atoms with Gasteiger partial charge in [0.05, 0.1) is 36.3 Å². The second kappa shape index (κ2) is 12.6. The molecule has 0 spiro atoms. The Bertz CT molecular complexity index is 1840. The summed E-state index contributed by atoms with van der Waals surface area (Å²) >= 11 is 12.4. The Kier molecular flexibility index (Phi) is 8.68. The highest BCUT2D eigenvalue weighted by atomic mass is 35.5. The lowest BCUT2D eigenvalue weighted by Crippen LogP contribution is -2.37. The number of hydrogen-bond acceptors (Lipinski definition) is 7. The predicted octanol–water partition coefficient (Wildman–Crippen LogP) is 6.50. The van der Waals surface area contributed by atoms with Crippen LogP contribution in [-0.2, 0) is 31.5 Å². The lowest BCUT2D eigenvalue weighted by atomic mass is 10.2. The normalized spacial score (nSPS) is 16.2. The van der Waals surface area contributed by atoms with Gasteiger partial charge in [-0.3, -0.25) is 4.90 Å². The second-order valence-electron chi connectivity index (χ2n) is 10.8. The molecule has 12 heteroatoms. The highest BCUT2D eigenvalue weighted by molar-refractivity contribution is 6.35. The number of hydrogen-bond donors (Lipinski definition) is 1. The summed E-state index contributed by atoms with van der Waals surface area (Å²) in [6, 6.07) is 14.5. The number of fused-ring (bicyclic) bond motifs is 4. The van der Waals surface area contributed by atoms with Gasteiger partial charge in [0.15, 0.2) is 0 Å². The summed E-state index contributed by atoms with van der Waals surface area (Å²) in [4.78, 5) is 23.8. The molecule has 1 fully saturated rings. The molecule has 2 aliphatic rings.